The molecule has 2 aromatic heterocycles. The van der Waals surface area contributed by atoms with Crippen molar-refractivity contribution in [2.24, 2.45) is 0 Å². The average Bonchev–Trinajstić information content (AvgIpc) is 3.31. The van der Waals surface area contributed by atoms with Crippen LogP contribution in [0.3, 0.4) is 0 Å². The Hall–Kier alpha value is -2.65. The van der Waals surface area contributed by atoms with Crippen molar-refractivity contribution in [1.82, 2.24) is 19.7 Å². The zero-order valence-electron chi connectivity index (χ0n) is 15.3. The lowest BCUT2D eigenvalue weighted by molar-refractivity contribution is 0.588. The fourth-order valence-corrected chi connectivity index (χ4v) is 3.98. The van der Waals surface area contributed by atoms with E-state index in [4.69, 9.17) is 4.98 Å². The first-order chi connectivity index (χ1) is 13.0. The second-order valence-electron chi connectivity index (χ2n) is 6.64. The van der Waals surface area contributed by atoms with Crippen molar-refractivity contribution in [1.29, 1.82) is 0 Å². The fourth-order valence-electron chi connectivity index (χ4n) is 3.25. The van der Waals surface area contributed by atoms with Gasteiger partial charge in [-0.25, -0.2) is 13.1 Å². The molecule has 0 aliphatic carbocycles. The van der Waals surface area contributed by atoms with Gasteiger partial charge in [0, 0.05) is 24.5 Å². The van der Waals surface area contributed by atoms with E-state index in [-0.39, 0.29) is 4.90 Å². The van der Waals surface area contributed by atoms with Gasteiger partial charge in [0.15, 0.2) is 0 Å². The Balaban J connectivity index is 1.70. The highest BCUT2D eigenvalue weighted by atomic mass is 32.2. The molecule has 1 aliphatic rings. The van der Waals surface area contributed by atoms with Gasteiger partial charge in [-0.15, -0.1) is 0 Å². The number of benzene rings is 1. The molecule has 1 saturated heterocycles. The van der Waals surface area contributed by atoms with E-state index >= 15 is 0 Å². The van der Waals surface area contributed by atoms with E-state index in [9.17, 15) is 8.42 Å². The molecule has 0 amide bonds. The van der Waals surface area contributed by atoms with Gasteiger partial charge in [-0.05, 0) is 57.1 Å². The van der Waals surface area contributed by atoms with Crippen molar-refractivity contribution in [2.75, 3.05) is 30.4 Å². The van der Waals surface area contributed by atoms with E-state index < -0.39 is 10.0 Å². The van der Waals surface area contributed by atoms with Crippen molar-refractivity contribution in [3.63, 3.8) is 0 Å². The SMILES string of the molecule is CNS(=O)(=O)c1ccc(Nc2nc(N3CCCC3)nc3[nH]c(C)cc23)cc1. The smallest absolute Gasteiger partial charge is 0.240 e. The van der Waals surface area contributed by atoms with Gasteiger partial charge >= 0.3 is 0 Å². The Labute approximate surface area is 158 Å². The molecule has 1 aliphatic heterocycles. The minimum absolute atomic E-state index is 0.221. The molecule has 3 N–H and O–H groups in total. The largest absolute Gasteiger partial charge is 0.343 e. The first-order valence-electron chi connectivity index (χ1n) is 8.89. The lowest BCUT2D eigenvalue weighted by Gasteiger charge is -2.17. The number of rotatable bonds is 5. The zero-order chi connectivity index (χ0) is 19.0. The molecule has 3 aromatic rings. The van der Waals surface area contributed by atoms with Gasteiger partial charge in [-0.3, -0.25) is 0 Å². The molecule has 27 heavy (non-hydrogen) atoms. The van der Waals surface area contributed by atoms with Gasteiger partial charge in [0.25, 0.3) is 0 Å². The molecule has 8 nitrogen and oxygen atoms in total. The molecule has 1 aromatic carbocycles. The molecule has 0 atom stereocenters. The summed E-state index contributed by atoms with van der Waals surface area (Å²) in [6.07, 6.45) is 2.30. The van der Waals surface area contributed by atoms with Crippen LogP contribution in [-0.2, 0) is 10.0 Å². The fraction of sp³-hybridized carbons (Fsp3) is 0.333. The minimum atomic E-state index is -3.45. The normalized spacial score (nSPS) is 14.8. The van der Waals surface area contributed by atoms with E-state index in [1.54, 1.807) is 24.3 Å². The highest BCUT2D eigenvalue weighted by molar-refractivity contribution is 7.89. The highest BCUT2D eigenvalue weighted by Crippen LogP contribution is 2.28. The molecular weight excluding hydrogens is 364 g/mol. The molecule has 3 heterocycles. The summed E-state index contributed by atoms with van der Waals surface area (Å²) < 4.78 is 26.1. The average molecular weight is 386 g/mol. The summed E-state index contributed by atoms with van der Waals surface area (Å²) in [6, 6.07) is 8.60. The number of H-pyrrole nitrogens is 1. The Morgan fingerprint density at radius 2 is 1.81 bits per heavy atom. The van der Waals surface area contributed by atoms with Crippen LogP contribution in [0.4, 0.5) is 17.5 Å². The summed E-state index contributed by atoms with van der Waals surface area (Å²) in [6.45, 7) is 3.90. The maximum atomic E-state index is 11.9. The van der Waals surface area contributed by atoms with Gasteiger partial charge in [0.2, 0.25) is 16.0 Å². The van der Waals surface area contributed by atoms with E-state index in [1.165, 1.54) is 7.05 Å². The van der Waals surface area contributed by atoms with Gasteiger partial charge in [0.1, 0.15) is 11.5 Å². The Morgan fingerprint density at radius 1 is 1.11 bits per heavy atom. The number of aromatic nitrogens is 3. The van der Waals surface area contributed by atoms with Gasteiger partial charge in [0.05, 0.1) is 10.3 Å². The molecule has 0 radical (unpaired) electrons. The number of anilines is 3. The summed E-state index contributed by atoms with van der Waals surface area (Å²) in [7, 11) is -2.06. The quantitative estimate of drug-likeness (QED) is 0.623. The van der Waals surface area contributed by atoms with E-state index in [2.05, 4.69) is 24.9 Å². The minimum Gasteiger partial charge on any atom is -0.343 e. The lowest BCUT2D eigenvalue weighted by Crippen LogP contribution is -2.20. The number of sulfonamides is 1. The molecule has 0 bridgehead atoms. The van der Waals surface area contributed by atoms with Crippen molar-refractivity contribution in [3.8, 4) is 0 Å². The summed E-state index contributed by atoms with van der Waals surface area (Å²) >= 11 is 0. The Kier molecular flexibility index (Phi) is 4.48. The van der Waals surface area contributed by atoms with Crippen LogP contribution >= 0.6 is 0 Å². The van der Waals surface area contributed by atoms with Crippen molar-refractivity contribution < 1.29 is 8.42 Å². The number of fused-ring (bicyclic) bond motifs is 1. The predicted molar refractivity (Wildman–Crippen MR) is 106 cm³/mol. The summed E-state index contributed by atoms with van der Waals surface area (Å²) in [5.74, 6) is 1.41. The molecule has 0 unspecified atom stereocenters. The molecule has 0 saturated carbocycles. The molecule has 1 fully saturated rings. The second kappa shape index (κ2) is 6.82. The third-order valence-corrected chi connectivity index (χ3v) is 6.13. The standard InChI is InChI=1S/C18H22N6O2S/c1-12-11-15-16(20-12)22-18(24-9-3-4-10-24)23-17(15)21-13-5-7-14(8-6-13)27(25,26)19-2/h5-8,11,19H,3-4,9-10H2,1-2H3,(H2,20,21,22,23). The van der Waals surface area contributed by atoms with E-state index in [1.807, 2.05) is 13.0 Å². The van der Waals surface area contributed by atoms with Crippen LogP contribution in [-0.4, -0.2) is 43.5 Å². The molecule has 142 valence electrons. The second-order valence-corrected chi connectivity index (χ2v) is 8.52. The van der Waals surface area contributed by atoms with E-state index in [0.29, 0.717) is 11.8 Å². The van der Waals surface area contributed by atoms with Crippen LogP contribution in [0.2, 0.25) is 0 Å². The lowest BCUT2D eigenvalue weighted by atomic mass is 10.3. The number of nitrogens with zero attached hydrogens (tertiary/aromatic N) is 3. The van der Waals surface area contributed by atoms with Crippen LogP contribution in [0.1, 0.15) is 18.5 Å². The molecule has 0 spiro atoms. The predicted octanol–water partition coefficient (Wildman–Crippen LogP) is 2.52. The number of hydrogen-bond acceptors (Lipinski definition) is 6. The van der Waals surface area contributed by atoms with Crippen LogP contribution in [0.15, 0.2) is 35.2 Å². The van der Waals surface area contributed by atoms with Crippen LogP contribution in [0.5, 0.6) is 0 Å². The van der Waals surface area contributed by atoms with Crippen LogP contribution in [0, 0.1) is 6.92 Å². The number of aromatic amines is 1. The Morgan fingerprint density at radius 3 is 2.48 bits per heavy atom. The summed E-state index contributed by atoms with van der Waals surface area (Å²) in [5, 5.41) is 4.21. The number of aryl methyl sites for hydroxylation is 1. The van der Waals surface area contributed by atoms with Gasteiger partial charge in [-0.1, -0.05) is 0 Å². The topological polar surface area (TPSA) is 103 Å². The van der Waals surface area contributed by atoms with Crippen molar-refractivity contribution >= 4 is 38.5 Å². The third-order valence-electron chi connectivity index (χ3n) is 4.70. The first-order valence-corrected chi connectivity index (χ1v) is 10.4. The molecule has 9 heteroatoms. The van der Waals surface area contributed by atoms with Crippen molar-refractivity contribution in [3.05, 3.63) is 36.0 Å². The maximum Gasteiger partial charge on any atom is 0.240 e. The third kappa shape index (κ3) is 3.47. The van der Waals surface area contributed by atoms with E-state index in [0.717, 1.165) is 48.3 Å². The summed E-state index contributed by atoms with van der Waals surface area (Å²) in [4.78, 5) is 15.1. The van der Waals surface area contributed by atoms with Crippen molar-refractivity contribution in [2.45, 2.75) is 24.7 Å². The van der Waals surface area contributed by atoms with Crippen LogP contribution in [0.25, 0.3) is 11.0 Å². The Bertz CT molecular complexity index is 1070. The first kappa shape index (κ1) is 17.7. The van der Waals surface area contributed by atoms with Crippen LogP contribution < -0.4 is 14.9 Å². The number of hydrogen-bond donors (Lipinski definition) is 3. The zero-order valence-corrected chi connectivity index (χ0v) is 16.1. The monoisotopic (exact) mass is 386 g/mol. The van der Waals surface area contributed by atoms with Gasteiger partial charge < -0.3 is 15.2 Å². The molecular formula is C18H22N6O2S. The highest BCUT2D eigenvalue weighted by Gasteiger charge is 2.18. The maximum absolute atomic E-state index is 11.9. The van der Waals surface area contributed by atoms with Gasteiger partial charge in [-0.2, -0.15) is 9.97 Å². The number of nitrogens with one attached hydrogen (secondary N) is 3. The summed E-state index contributed by atoms with van der Waals surface area (Å²) in [5.41, 5.74) is 2.56. The molecule has 4 rings (SSSR count).